The van der Waals surface area contributed by atoms with Crippen LogP contribution in [0.25, 0.3) is 0 Å². The standard InChI is InChI=1S/C13H27N3/c1-12-10-13(11-14,6-9-15(12)2)16-7-4-3-5-8-16/h12H,3-11,14H2,1-2H3. The van der Waals surface area contributed by atoms with E-state index in [1.807, 2.05) is 0 Å². The lowest BCUT2D eigenvalue weighted by Crippen LogP contribution is -2.62. The number of nitrogens with zero attached hydrogens (tertiary/aromatic N) is 2. The number of hydrogen-bond acceptors (Lipinski definition) is 3. The largest absolute Gasteiger partial charge is 0.329 e. The summed E-state index contributed by atoms with van der Waals surface area (Å²) in [5, 5.41) is 0. The van der Waals surface area contributed by atoms with Crippen LogP contribution in [-0.4, -0.2) is 54.6 Å². The number of hydrogen-bond donors (Lipinski definition) is 1. The summed E-state index contributed by atoms with van der Waals surface area (Å²) in [6, 6.07) is 0.680. The third-order valence-electron chi connectivity index (χ3n) is 4.76. The number of nitrogens with two attached hydrogens (primary N) is 1. The van der Waals surface area contributed by atoms with Crippen LogP contribution in [0, 0.1) is 0 Å². The third-order valence-corrected chi connectivity index (χ3v) is 4.76. The molecule has 0 saturated carbocycles. The molecule has 0 aromatic rings. The summed E-state index contributed by atoms with van der Waals surface area (Å²) < 4.78 is 0. The van der Waals surface area contributed by atoms with E-state index in [4.69, 9.17) is 5.73 Å². The van der Waals surface area contributed by atoms with Gasteiger partial charge in [-0.25, -0.2) is 0 Å². The van der Waals surface area contributed by atoms with E-state index in [2.05, 4.69) is 23.8 Å². The first-order chi connectivity index (χ1) is 7.68. The summed E-state index contributed by atoms with van der Waals surface area (Å²) >= 11 is 0. The van der Waals surface area contributed by atoms with Crippen molar-refractivity contribution < 1.29 is 0 Å². The van der Waals surface area contributed by atoms with Gasteiger partial charge in [0, 0.05) is 18.1 Å². The molecule has 3 nitrogen and oxygen atoms in total. The molecule has 16 heavy (non-hydrogen) atoms. The predicted molar refractivity (Wildman–Crippen MR) is 68.5 cm³/mol. The van der Waals surface area contributed by atoms with Crippen LogP contribution in [0.15, 0.2) is 0 Å². The third kappa shape index (κ3) is 2.27. The maximum absolute atomic E-state index is 6.12. The van der Waals surface area contributed by atoms with Crippen molar-refractivity contribution in [2.75, 3.05) is 33.2 Å². The minimum Gasteiger partial charge on any atom is -0.329 e. The highest BCUT2D eigenvalue weighted by molar-refractivity contribution is 4.99. The molecule has 0 spiro atoms. The Bertz CT molecular complexity index is 225. The Balaban J connectivity index is 2.06. The van der Waals surface area contributed by atoms with Crippen LogP contribution < -0.4 is 5.73 Å². The molecule has 2 unspecified atom stereocenters. The van der Waals surface area contributed by atoms with Crippen molar-refractivity contribution >= 4 is 0 Å². The van der Waals surface area contributed by atoms with Gasteiger partial charge in [-0.2, -0.15) is 0 Å². The molecule has 0 radical (unpaired) electrons. The van der Waals surface area contributed by atoms with Crippen LogP contribution in [0.2, 0.25) is 0 Å². The lowest BCUT2D eigenvalue weighted by Gasteiger charge is -2.51. The second kappa shape index (κ2) is 5.03. The zero-order valence-electron chi connectivity index (χ0n) is 10.9. The molecule has 0 aromatic carbocycles. The van der Waals surface area contributed by atoms with Gasteiger partial charge in [-0.3, -0.25) is 4.90 Å². The minimum absolute atomic E-state index is 0.312. The van der Waals surface area contributed by atoms with Crippen LogP contribution in [0.3, 0.4) is 0 Å². The predicted octanol–water partition coefficient (Wildman–Crippen LogP) is 1.28. The van der Waals surface area contributed by atoms with Gasteiger partial charge in [0.05, 0.1) is 0 Å². The Hall–Kier alpha value is -0.120. The van der Waals surface area contributed by atoms with E-state index in [1.165, 1.54) is 51.7 Å². The molecule has 0 amide bonds. The molecule has 3 heteroatoms. The van der Waals surface area contributed by atoms with Crippen LogP contribution >= 0.6 is 0 Å². The van der Waals surface area contributed by atoms with Crippen molar-refractivity contribution in [2.24, 2.45) is 5.73 Å². The molecule has 2 saturated heterocycles. The molecule has 0 aromatic heterocycles. The average molecular weight is 225 g/mol. The van der Waals surface area contributed by atoms with Crippen molar-refractivity contribution in [1.82, 2.24) is 9.80 Å². The highest BCUT2D eigenvalue weighted by atomic mass is 15.2. The Labute approximate surface area is 100.0 Å². The molecule has 2 aliphatic rings. The first-order valence-electron chi connectivity index (χ1n) is 6.83. The Morgan fingerprint density at radius 1 is 1.19 bits per heavy atom. The number of piperidine rings is 2. The summed E-state index contributed by atoms with van der Waals surface area (Å²) in [5.74, 6) is 0. The smallest absolute Gasteiger partial charge is 0.0358 e. The summed E-state index contributed by atoms with van der Waals surface area (Å²) in [5.41, 5.74) is 6.43. The van der Waals surface area contributed by atoms with Gasteiger partial charge in [0.1, 0.15) is 0 Å². The molecule has 2 atom stereocenters. The summed E-state index contributed by atoms with van der Waals surface area (Å²) in [4.78, 5) is 5.16. The van der Waals surface area contributed by atoms with Gasteiger partial charge in [-0.15, -0.1) is 0 Å². The molecular formula is C13H27N3. The monoisotopic (exact) mass is 225 g/mol. The van der Waals surface area contributed by atoms with Gasteiger partial charge >= 0.3 is 0 Å². The van der Waals surface area contributed by atoms with Crippen molar-refractivity contribution in [3.63, 3.8) is 0 Å². The molecule has 0 aliphatic carbocycles. The van der Waals surface area contributed by atoms with Gasteiger partial charge in [0.25, 0.3) is 0 Å². The maximum atomic E-state index is 6.12. The fraction of sp³-hybridized carbons (Fsp3) is 1.00. The van der Waals surface area contributed by atoms with Crippen molar-refractivity contribution in [1.29, 1.82) is 0 Å². The van der Waals surface area contributed by atoms with Crippen molar-refractivity contribution in [2.45, 2.75) is 50.6 Å². The van der Waals surface area contributed by atoms with Crippen molar-refractivity contribution in [3.8, 4) is 0 Å². The molecule has 2 N–H and O–H groups in total. The van der Waals surface area contributed by atoms with Crippen LogP contribution in [0.5, 0.6) is 0 Å². The molecule has 2 heterocycles. The van der Waals surface area contributed by atoms with Crippen molar-refractivity contribution in [3.05, 3.63) is 0 Å². The Kier molecular flexibility index (Phi) is 3.88. The number of rotatable bonds is 2. The van der Waals surface area contributed by atoms with Gasteiger partial charge in [-0.1, -0.05) is 6.42 Å². The summed E-state index contributed by atoms with van der Waals surface area (Å²) in [7, 11) is 2.24. The van der Waals surface area contributed by atoms with E-state index >= 15 is 0 Å². The molecule has 2 rings (SSSR count). The fourth-order valence-electron chi connectivity index (χ4n) is 3.38. The van der Waals surface area contributed by atoms with Gasteiger partial charge in [0.2, 0.25) is 0 Å². The highest BCUT2D eigenvalue weighted by Crippen LogP contribution is 2.32. The average Bonchev–Trinajstić information content (AvgIpc) is 2.34. The number of likely N-dealkylation sites (tertiary alicyclic amines) is 2. The van der Waals surface area contributed by atoms with Gasteiger partial charge in [-0.05, 0) is 59.3 Å². The molecule has 2 fully saturated rings. The quantitative estimate of drug-likeness (QED) is 0.768. The minimum atomic E-state index is 0.312. The van der Waals surface area contributed by atoms with E-state index in [0.717, 1.165) is 6.54 Å². The second-order valence-corrected chi connectivity index (χ2v) is 5.76. The lowest BCUT2D eigenvalue weighted by atomic mass is 9.81. The van der Waals surface area contributed by atoms with E-state index in [-0.39, 0.29) is 0 Å². The van der Waals surface area contributed by atoms with Gasteiger partial charge in [0.15, 0.2) is 0 Å². The molecule has 0 bridgehead atoms. The van der Waals surface area contributed by atoms with E-state index in [1.54, 1.807) is 0 Å². The van der Waals surface area contributed by atoms with E-state index in [0.29, 0.717) is 11.6 Å². The van der Waals surface area contributed by atoms with Crippen LogP contribution in [0.4, 0.5) is 0 Å². The molecule has 2 aliphatic heterocycles. The first kappa shape index (κ1) is 12.3. The van der Waals surface area contributed by atoms with E-state index < -0.39 is 0 Å². The Morgan fingerprint density at radius 3 is 2.44 bits per heavy atom. The summed E-state index contributed by atoms with van der Waals surface area (Å²) in [6.07, 6.45) is 6.65. The highest BCUT2D eigenvalue weighted by Gasteiger charge is 2.40. The zero-order valence-corrected chi connectivity index (χ0v) is 10.9. The molecular weight excluding hydrogens is 198 g/mol. The van der Waals surface area contributed by atoms with Crippen LogP contribution in [0.1, 0.15) is 39.0 Å². The van der Waals surface area contributed by atoms with E-state index in [9.17, 15) is 0 Å². The SMILES string of the molecule is CC1CC(CN)(N2CCCCC2)CCN1C. The maximum Gasteiger partial charge on any atom is 0.0358 e. The fourth-order valence-corrected chi connectivity index (χ4v) is 3.38. The van der Waals surface area contributed by atoms with Gasteiger partial charge < -0.3 is 10.6 Å². The molecule has 94 valence electrons. The Morgan fingerprint density at radius 2 is 1.88 bits per heavy atom. The topological polar surface area (TPSA) is 32.5 Å². The van der Waals surface area contributed by atoms with Crippen LogP contribution in [-0.2, 0) is 0 Å². The normalized spacial score (nSPS) is 38.8. The first-order valence-corrected chi connectivity index (χ1v) is 6.83. The summed E-state index contributed by atoms with van der Waals surface area (Å²) in [6.45, 7) is 6.93. The second-order valence-electron chi connectivity index (χ2n) is 5.76. The zero-order chi connectivity index (χ0) is 11.6. The lowest BCUT2D eigenvalue weighted by molar-refractivity contribution is -0.000375.